The molecular weight excluding hydrogens is 282 g/mol. The number of hydrogen-bond acceptors (Lipinski definition) is 3. The summed E-state index contributed by atoms with van der Waals surface area (Å²) in [4.78, 5) is 9.40. The number of rotatable bonds is 3. The van der Waals surface area contributed by atoms with Gasteiger partial charge >= 0.3 is 0 Å². The van der Waals surface area contributed by atoms with Gasteiger partial charge in [0.15, 0.2) is 0 Å². The minimum atomic E-state index is 0.743. The molecule has 23 heavy (non-hydrogen) atoms. The first-order chi connectivity index (χ1) is 11.4. The number of piperazine rings is 1. The highest BCUT2D eigenvalue weighted by Crippen LogP contribution is 2.25. The van der Waals surface area contributed by atoms with E-state index in [0.29, 0.717) is 0 Å². The van der Waals surface area contributed by atoms with Crippen molar-refractivity contribution in [3.05, 3.63) is 65.5 Å². The molecule has 0 spiro atoms. The zero-order valence-corrected chi connectivity index (χ0v) is 13.7. The van der Waals surface area contributed by atoms with Crippen LogP contribution < -0.4 is 0 Å². The number of aromatic nitrogens is 1. The Hall–Kier alpha value is -1.71. The lowest BCUT2D eigenvalue weighted by Crippen LogP contribution is -2.51. The molecule has 1 fully saturated rings. The molecule has 0 radical (unpaired) electrons. The molecule has 1 atom stereocenters. The molecule has 0 amide bonds. The van der Waals surface area contributed by atoms with E-state index in [9.17, 15) is 0 Å². The van der Waals surface area contributed by atoms with Crippen LogP contribution in [-0.2, 0) is 19.4 Å². The van der Waals surface area contributed by atoms with Gasteiger partial charge in [0.2, 0.25) is 0 Å². The molecule has 3 heteroatoms. The predicted octanol–water partition coefficient (Wildman–Crippen LogP) is 2.76. The van der Waals surface area contributed by atoms with Crippen molar-refractivity contribution in [1.82, 2.24) is 14.8 Å². The summed E-state index contributed by atoms with van der Waals surface area (Å²) >= 11 is 0. The molecule has 1 aliphatic carbocycles. The van der Waals surface area contributed by atoms with Gasteiger partial charge < -0.3 is 0 Å². The van der Waals surface area contributed by atoms with E-state index in [-0.39, 0.29) is 0 Å². The molecule has 2 aromatic rings. The minimum absolute atomic E-state index is 0.743. The van der Waals surface area contributed by atoms with E-state index in [0.717, 1.165) is 12.6 Å². The van der Waals surface area contributed by atoms with E-state index in [2.05, 4.69) is 51.2 Å². The van der Waals surface area contributed by atoms with Crippen LogP contribution in [0, 0.1) is 0 Å². The quantitative estimate of drug-likeness (QED) is 0.869. The number of pyridine rings is 1. The maximum Gasteiger partial charge on any atom is 0.0271 e. The molecule has 2 aliphatic rings. The van der Waals surface area contributed by atoms with Gasteiger partial charge in [-0.3, -0.25) is 14.8 Å². The van der Waals surface area contributed by atoms with Crippen molar-refractivity contribution < 1.29 is 0 Å². The highest BCUT2D eigenvalue weighted by atomic mass is 15.3. The molecule has 3 nitrogen and oxygen atoms in total. The molecule has 1 aliphatic heterocycles. The highest BCUT2D eigenvalue weighted by molar-refractivity contribution is 5.30. The molecule has 2 heterocycles. The summed E-state index contributed by atoms with van der Waals surface area (Å²) in [6.45, 7) is 5.83. The van der Waals surface area contributed by atoms with Crippen molar-refractivity contribution in [2.45, 2.75) is 31.8 Å². The summed E-state index contributed by atoms with van der Waals surface area (Å²) in [7, 11) is 0. The van der Waals surface area contributed by atoms with Crippen LogP contribution in [0.5, 0.6) is 0 Å². The van der Waals surface area contributed by atoms with Gasteiger partial charge in [0, 0.05) is 51.2 Å². The van der Waals surface area contributed by atoms with Crippen molar-refractivity contribution >= 4 is 0 Å². The van der Waals surface area contributed by atoms with Crippen LogP contribution in [0.15, 0.2) is 48.8 Å². The Morgan fingerprint density at radius 3 is 2.43 bits per heavy atom. The predicted molar refractivity (Wildman–Crippen MR) is 93.3 cm³/mol. The largest absolute Gasteiger partial charge is 0.298 e. The standard InChI is InChI=1S/C20H25N3/c1-2-4-19-15-20(6-5-18(19)3-1)23-13-11-22(12-14-23)16-17-7-9-21-10-8-17/h1-4,7-10,20H,5-6,11-16H2/t20-/m0/s1. The zero-order chi connectivity index (χ0) is 15.5. The number of nitrogens with zero attached hydrogens (tertiary/aromatic N) is 3. The van der Waals surface area contributed by atoms with Crippen LogP contribution in [0.2, 0.25) is 0 Å². The minimum Gasteiger partial charge on any atom is -0.298 e. The molecule has 120 valence electrons. The number of benzene rings is 1. The Morgan fingerprint density at radius 1 is 0.913 bits per heavy atom. The van der Waals surface area contributed by atoms with E-state index in [1.54, 1.807) is 11.1 Å². The fourth-order valence-electron chi connectivity index (χ4n) is 4.02. The Labute approximate surface area is 139 Å². The molecule has 1 saturated heterocycles. The zero-order valence-electron chi connectivity index (χ0n) is 13.7. The maximum absolute atomic E-state index is 4.10. The lowest BCUT2D eigenvalue weighted by molar-refractivity contribution is 0.0856. The van der Waals surface area contributed by atoms with E-state index >= 15 is 0 Å². The van der Waals surface area contributed by atoms with Crippen LogP contribution in [0.4, 0.5) is 0 Å². The molecular formula is C20H25N3. The van der Waals surface area contributed by atoms with Gasteiger partial charge in [-0.15, -0.1) is 0 Å². The van der Waals surface area contributed by atoms with E-state index < -0.39 is 0 Å². The van der Waals surface area contributed by atoms with Crippen LogP contribution in [-0.4, -0.2) is 47.0 Å². The Bertz CT molecular complexity index is 632. The molecule has 0 N–H and O–H groups in total. The van der Waals surface area contributed by atoms with Gasteiger partial charge in [0.1, 0.15) is 0 Å². The summed E-state index contributed by atoms with van der Waals surface area (Å²) in [5.74, 6) is 0. The van der Waals surface area contributed by atoms with Gasteiger partial charge in [-0.25, -0.2) is 0 Å². The van der Waals surface area contributed by atoms with E-state index in [4.69, 9.17) is 0 Å². The first kappa shape index (κ1) is 14.9. The van der Waals surface area contributed by atoms with Crippen molar-refractivity contribution in [3.8, 4) is 0 Å². The van der Waals surface area contributed by atoms with Gasteiger partial charge in [-0.2, -0.15) is 0 Å². The van der Waals surface area contributed by atoms with Crippen molar-refractivity contribution in [2.75, 3.05) is 26.2 Å². The molecule has 1 aromatic carbocycles. The summed E-state index contributed by atoms with van der Waals surface area (Å²) in [6, 6.07) is 14.0. The first-order valence-electron chi connectivity index (χ1n) is 8.80. The van der Waals surface area contributed by atoms with Gasteiger partial charge in [-0.1, -0.05) is 24.3 Å². The Kier molecular flexibility index (Phi) is 4.40. The van der Waals surface area contributed by atoms with Gasteiger partial charge in [-0.05, 0) is 48.1 Å². The number of hydrogen-bond donors (Lipinski definition) is 0. The Balaban J connectivity index is 1.32. The van der Waals surface area contributed by atoms with E-state index in [1.807, 2.05) is 12.4 Å². The molecule has 4 rings (SSSR count). The molecule has 0 saturated carbocycles. The number of fused-ring (bicyclic) bond motifs is 1. The van der Waals surface area contributed by atoms with Gasteiger partial charge in [0.25, 0.3) is 0 Å². The fourth-order valence-corrected chi connectivity index (χ4v) is 4.02. The second kappa shape index (κ2) is 6.81. The van der Waals surface area contributed by atoms with Crippen LogP contribution >= 0.6 is 0 Å². The average molecular weight is 307 g/mol. The third kappa shape index (κ3) is 3.46. The Morgan fingerprint density at radius 2 is 1.65 bits per heavy atom. The molecule has 1 aromatic heterocycles. The first-order valence-corrected chi connectivity index (χ1v) is 8.80. The normalized spacial score (nSPS) is 22.7. The molecule has 0 bridgehead atoms. The van der Waals surface area contributed by atoms with Crippen molar-refractivity contribution in [1.29, 1.82) is 0 Å². The maximum atomic E-state index is 4.10. The lowest BCUT2D eigenvalue weighted by atomic mass is 9.87. The van der Waals surface area contributed by atoms with Gasteiger partial charge in [0.05, 0.1) is 0 Å². The topological polar surface area (TPSA) is 19.4 Å². The summed E-state index contributed by atoms with van der Waals surface area (Å²) in [5, 5.41) is 0. The highest BCUT2D eigenvalue weighted by Gasteiger charge is 2.26. The molecule has 0 unspecified atom stereocenters. The van der Waals surface area contributed by atoms with Crippen LogP contribution in [0.1, 0.15) is 23.1 Å². The van der Waals surface area contributed by atoms with Crippen LogP contribution in [0.25, 0.3) is 0 Å². The monoisotopic (exact) mass is 307 g/mol. The third-order valence-corrected chi connectivity index (χ3v) is 5.40. The smallest absolute Gasteiger partial charge is 0.0271 e. The second-order valence-electron chi connectivity index (χ2n) is 6.83. The summed E-state index contributed by atoms with van der Waals surface area (Å²) in [6.07, 6.45) is 7.59. The number of aryl methyl sites for hydroxylation is 1. The van der Waals surface area contributed by atoms with Crippen LogP contribution in [0.3, 0.4) is 0 Å². The van der Waals surface area contributed by atoms with Crippen molar-refractivity contribution in [3.63, 3.8) is 0 Å². The SMILES string of the molecule is c1ccc2c(c1)CC[C@H](N1CCN(Cc3ccncc3)CC1)C2. The summed E-state index contributed by atoms with van der Waals surface area (Å²) < 4.78 is 0. The van der Waals surface area contributed by atoms with E-state index in [1.165, 1.54) is 51.0 Å². The lowest BCUT2D eigenvalue weighted by Gasteiger charge is -2.41. The summed E-state index contributed by atoms with van der Waals surface area (Å²) in [5.41, 5.74) is 4.52. The van der Waals surface area contributed by atoms with Crippen molar-refractivity contribution in [2.24, 2.45) is 0 Å². The third-order valence-electron chi connectivity index (χ3n) is 5.40. The second-order valence-corrected chi connectivity index (χ2v) is 6.83. The average Bonchev–Trinajstić information content (AvgIpc) is 2.63. The fraction of sp³-hybridized carbons (Fsp3) is 0.450.